The summed E-state index contributed by atoms with van der Waals surface area (Å²) < 4.78 is 0. The lowest BCUT2D eigenvalue weighted by atomic mass is 9.61. The van der Waals surface area contributed by atoms with Crippen molar-refractivity contribution >= 4 is 0 Å². The van der Waals surface area contributed by atoms with Crippen LogP contribution in [0.15, 0.2) is 0 Å². The standard InChI is InChI=1S/C13H23NO/c15-13-8-6-11-10-4-2-1-3-9(10)5-7-12(11)14-13/h9-15H,1-8H2. The highest BCUT2D eigenvalue weighted by Crippen LogP contribution is 2.46. The molecule has 1 heterocycles. The van der Waals surface area contributed by atoms with Crippen molar-refractivity contribution < 1.29 is 5.11 Å². The minimum absolute atomic E-state index is 0.216. The molecule has 86 valence electrons. The molecule has 3 fully saturated rings. The largest absolute Gasteiger partial charge is 0.379 e. The number of aliphatic hydroxyl groups excluding tert-OH is 1. The molecular weight excluding hydrogens is 186 g/mol. The van der Waals surface area contributed by atoms with Gasteiger partial charge < -0.3 is 5.11 Å². The maximum atomic E-state index is 9.63. The quantitative estimate of drug-likeness (QED) is 0.641. The Hall–Kier alpha value is -0.0800. The van der Waals surface area contributed by atoms with Crippen molar-refractivity contribution in [3.63, 3.8) is 0 Å². The van der Waals surface area contributed by atoms with Crippen LogP contribution in [-0.2, 0) is 0 Å². The molecule has 5 atom stereocenters. The molecule has 0 aromatic carbocycles. The van der Waals surface area contributed by atoms with E-state index in [2.05, 4.69) is 5.32 Å². The van der Waals surface area contributed by atoms with Gasteiger partial charge in [-0.25, -0.2) is 0 Å². The molecule has 0 bridgehead atoms. The van der Waals surface area contributed by atoms with Crippen molar-refractivity contribution in [3.05, 3.63) is 0 Å². The molecule has 3 aliphatic rings. The third-order valence-electron chi connectivity index (χ3n) is 5.06. The lowest BCUT2D eigenvalue weighted by molar-refractivity contribution is -0.0101. The van der Waals surface area contributed by atoms with Crippen molar-refractivity contribution in [1.82, 2.24) is 5.32 Å². The van der Waals surface area contributed by atoms with Crippen LogP contribution in [0.1, 0.15) is 51.4 Å². The molecule has 2 heteroatoms. The van der Waals surface area contributed by atoms with Crippen molar-refractivity contribution in [1.29, 1.82) is 0 Å². The highest BCUT2D eigenvalue weighted by molar-refractivity contribution is 4.95. The van der Waals surface area contributed by atoms with Gasteiger partial charge in [0.1, 0.15) is 6.23 Å². The van der Waals surface area contributed by atoms with Gasteiger partial charge in [-0.05, 0) is 49.9 Å². The summed E-state index contributed by atoms with van der Waals surface area (Å²) in [5.74, 6) is 2.89. The van der Waals surface area contributed by atoms with Gasteiger partial charge in [0.2, 0.25) is 0 Å². The molecule has 0 spiro atoms. The van der Waals surface area contributed by atoms with E-state index in [1.54, 1.807) is 0 Å². The second-order valence-electron chi connectivity index (χ2n) is 5.82. The maximum absolute atomic E-state index is 9.63. The Bertz CT molecular complexity index is 231. The molecule has 1 aliphatic heterocycles. The zero-order valence-electron chi connectivity index (χ0n) is 9.49. The van der Waals surface area contributed by atoms with Gasteiger partial charge in [-0.1, -0.05) is 19.3 Å². The number of fused-ring (bicyclic) bond motifs is 3. The predicted molar refractivity (Wildman–Crippen MR) is 60.3 cm³/mol. The lowest BCUT2D eigenvalue weighted by Gasteiger charge is -2.49. The number of piperidine rings is 1. The Balaban J connectivity index is 1.72. The number of aliphatic hydroxyl groups is 1. The summed E-state index contributed by atoms with van der Waals surface area (Å²) in [7, 11) is 0. The van der Waals surface area contributed by atoms with Crippen LogP contribution in [0, 0.1) is 17.8 Å². The van der Waals surface area contributed by atoms with Gasteiger partial charge in [-0.3, -0.25) is 5.32 Å². The third kappa shape index (κ3) is 1.83. The number of rotatable bonds is 0. The molecule has 0 radical (unpaired) electrons. The number of hydrogen-bond acceptors (Lipinski definition) is 2. The molecule has 2 N–H and O–H groups in total. The van der Waals surface area contributed by atoms with E-state index in [4.69, 9.17) is 0 Å². The molecule has 2 nitrogen and oxygen atoms in total. The van der Waals surface area contributed by atoms with Gasteiger partial charge in [-0.15, -0.1) is 0 Å². The summed E-state index contributed by atoms with van der Waals surface area (Å²) in [5.41, 5.74) is 0. The van der Waals surface area contributed by atoms with Gasteiger partial charge in [0.05, 0.1) is 0 Å². The predicted octanol–water partition coefficient (Wildman–Crippen LogP) is 2.27. The van der Waals surface area contributed by atoms with Crippen molar-refractivity contribution in [3.8, 4) is 0 Å². The molecule has 15 heavy (non-hydrogen) atoms. The molecular formula is C13H23NO. The first-order valence-corrected chi connectivity index (χ1v) is 6.79. The molecule has 1 saturated heterocycles. The Morgan fingerprint density at radius 1 is 0.800 bits per heavy atom. The molecule has 2 aliphatic carbocycles. The van der Waals surface area contributed by atoms with Crippen molar-refractivity contribution in [2.24, 2.45) is 17.8 Å². The normalized spacial score (nSPS) is 50.6. The molecule has 0 amide bonds. The Morgan fingerprint density at radius 2 is 1.67 bits per heavy atom. The fourth-order valence-corrected chi connectivity index (χ4v) is 4.37. The van der Waals surface area contributed by atoms with Crippen molar-refractivity contribution in [2.45, 2.75) is 63.6 Å². The van der Waals surface area contributed by atoms with E-state index < -0.39 is 0 Å². The van der Waals surface area contributed by atoms with E-state index in [9.17, 15) is 5.11 Å². The first-order chi connectivity index (χ1) is 7.34. The second kappa shape index (κ2) is 4.06. The highest BCUT2D eigenvalue weighted by Gasteiger charge is 2.42. The average molecular weight is 209 g/mol. The van der Waals surface area contributed by atoms with E-state index in [1.165, 1.54) is 44.9 Å². The average Bonchev–Trinajstić information content (AvgIpc) is 2.28. The molecule has 5 unspecified atom stereocenters. The van der Waals surface area contributed by atoms with E-state index in [0.29, 0.717) is 6.04 Å². The lowest BCUT2D eigenvalue weighted by Crippen LogP contribution is -2.53. The summed E-state index contributed by atoms with van der Waals surface area (Å²) >= 11 is 0. The van der Waals surface area contributed by atoms with Gasteiger partial charge in [0, 0.05) is 6.04 Å². The summed E-state index contributed by atoms with van der Waals surface area (Å²) in [6, 6.07) is 0.632. The fraction of sp³-hybridized carbons (Fsp3) is 1.00. The summed E-state index contributed by atoms with van der Waals surface area (Å²) in [4.78, 5) is 0. The van der Waals surface area contributed by atoms with E-state index in [-0.39, 0.29) is 6.23 Å². The summed E-state index contributed by atoms with van der Waals surface area (Å²) in [5, 5.41) is 13.0. The molecule has 0 aromatic rings. The molecule has 0 aromatic heterocycles. The maximum Gasteiger partial charge on any atom is 0.105 e. The van der Waals surface area contributed by atoms with Crippen LogP contribution in [-0.4, -0.2) is 17.4 Å². The van der Waals surface area contributed by atoms with Crippen LogP contribution in [0.25, 0.3) is 0 Å². The van der Waals surface area contributed by atoms with Crippen LogP contribution in [0.2, 0.25) is 0 Å². The smallest absolute Gasteiger partial charge is 0.105 e. The van der Waals surface area contributed by atoms with E-state index in [1.807, 2.05) is 0 Å². The zero-order valence-corrected chi connectivity index (χ0v) is 9.49. The first kappa shape index (κ1) is 10.1. The summed E-state index contributed by atoms with van der Waals surface area (Å²) in [6.45, 7) is 0. The first-order valence-electron chi connectivity index (χ1n) is 6.79. The monoisotopic (exact) mass is 209 g/mol. The SMILES string of the molecule is OC1CCC2C(CCC3CCCCC32)N1. The molecule has 2 saturated carbocycles. The Labute approximate surface area is 92.4 Å². The van der Waals surface area contributed by atoms with Crippen LogP contribution < -0.4 is 5.32 Å². The number of nitrogens with one attached hydrogen (secondary N) is 1. The van der Waals surface area contributed by atoms with E-state index in [0.717, 1.165) is 24.2 Å². The van der Waals surface area contributed by atoms with Crippen molar-refractivity contribution in [2.75, 3.05) is 0 Å². The fourth-order valence-electron chi connectivity index (χ4n) is 4.37. The van der Waals surface area contributed by atoms with Gasteiger partial charge in [0.25, 0.3) is 0 Å². The topological polar surface area (TPSA) is 32.3 Å². The van der Waals surface area contributed by atoms with Crippen LogP contribution in [0.3, 0.4) is 0 Å². The van der Waals surface area contributed by atoms with Gasteiger partial charge >= 0.3 is 0 Å². The third-order valence-corrected chi connectivity index (χ3v) is 5.06. The van der Waals surface area contributed by atoms with Gasteiger partial charge in [0.15, 0.2) is 0 Å². The molecule has 3 rings (SSSR count). The minimum atomic E-state index is -0.216. The Morgan fingerprint density at radius 3 is 2.60 bits per heavy atom. The zero-order chi connectivity index (χ0) is 10.3. The van der Waals surface area contributed by atoms with E-state index >= 15 is 0 Å². The van der Waals surface area contributed by atoms with Crippen LogP contribution in [0.5, 0.6) is 0 Å². The highest BCUT2D eigenvalue weighted by atomic mass is 16.3. The summed E-state index contributed by atoms with van der Waals surface area (Å²) in [6.07, 6.45) is 10.6. The number of hydrogen-bond donors (Lipinski definition) is 2. The Kier molecular flexibility index (Phi) is 2.73. The van der Waals surface area contributed by atoms with Crippen LogP contribution in [0.4, 0.5) is 0 Å². The second-order valence-corrected chi connectivity index (χ2v) is 5.82. The van der Waals surface area contributed by atoms with Crippen LogP contribution >= 0.6 is 0 Å². The minimum Gasteiger partial charge on any atom is -0.379 e. The van der Waals surface area contributed by atoms with Gasteiger partial charge in [-0.2, -0.15) is 0 Å².